The Morgan fingerprint density at radius 1 is 0.938 bits per heavy atom. The van der Waals surface area contributed by atoms with Gasteiger partial charge < -0.3 is 19.3 Å². The lowest BCUT2D eigenvalue weighted by atomic mass is 10.1. The number of carbonyl (C=O) groups excluding carboxylic acids is 1. The van der Waals surface area contributed by atoms with Gasteiger partial charge in [0.1, 0.15) is 5.75 Å². The van der Waals surface area contributed by atoms with Gasteiger partial charge >= 0.3 is 6.03 Å². The highest BCUT2D eigenvalue weighted by molar-refractivity contribution is 7.20. The largest absolute Gasteiger partial charge is 0.431 e. The maximum absolute atomic E-state index is 12.6. The highest BCUT2D eigenvalue weighted by atomic mass is 32.1. The Morgan fingerprint density at radius 3 is 2.41 bits per heavy atom. The lowest BCUT2D eigenvalue weighted by Gasteiger charge is -2.38. The SMILES string of the molecule is O=C(N1CCOCC1)N1CCN(CCc2ccc(Oc3nc4ccccc4s3)cc2)CC1. The molecular formula is C24H28N4O3S. The van der Waals surface area contributed by atoms with Gasteiger partial charge in [-0.3, -0.25) is 4.90 Å². The predicted octanol–water partition coefficient (Wildman–Crippen LogP) is 3.70. The Balaban J connectivity index is 1.07. The minimum absolute atomic E-state index is 0.164. The lowest BCUT2D eigenvalue weighted by molar-refractivity contribution is 0.0378. The number of amides is 2. The van der Waals surface area contributed by atoms with Crippen molar-refractivity contribution in [1.29, 1.82) is 0 Å². The van der Waals surface area contributed by atoms with Crippen LogP contribution in [0.5, 0.6) is 10.9 Å². The molecule has 0 spiro atoms. The third-order valence-electron chi connectivity index (χ3n) is 6.04. The summed E-state index contributed by atoms with van der Waals surface area (Å²) in [5.41, 5.74) is 2.25. The van der Waals surface area contributed by atoms with Crippen LogP contribution in [0.2, 0.25) is 0 Å². The van der Waals surface area contributed by atoms with Crippen LogP contribution in [0.25, 0.3) is 10.2 Å². The summed E-state index contributed by atoms with van der Waals surface area (Å²) in [5, 5.41) is 0.670. The van der Waals surface area contributed by atoms with E-state index in [-0.39, 0.29) is 6.03 Å². The molecule has 2 fully saturated rings. The minimum atomic E-state index is 0.164. The van der Waals surface area contributed by atoms with Crippen LogP contribution in [0.3, 0.4) is 0 Å². The fraction of sp³-hybridized carbons (Fsp3) is 0.417. The fourth-order valence-corrected chi connectivity index (χ4v) is 4.96. The minimum Gasteiger partial charge on any atom is -0.431 e. The molecule has 1 aromatic heterocycles. The third-order valence-corrected chi connectivity index (χ3v) is 6.96. The summed E-state index contributed by atoms with van der Waals surface area (Å²) < 4.78 is 12.4. The number of para-hydroxylation sites is 1. The number of hydrogen-bond acceptors (Lipinski definition) is 6. The third kappa shape index (κ3) is 5.03. The van der Waals surface area contributed by atoms with Crippen molar-refractivity contribution in [3.63, 3.8) is 0 Å². The van der Waals surface area contributed by atoms with Crippen LogP contribution in [-0.4, -0.2) is 84.7 Å². The predicted molar refractivity (Wildman–Crippen MR) is 126 cm³/mol. The molecule has 32 heavy (non-hydrogen) atoms. The van der Waals surface area contributed by atoms with Crippen molar-refractivity contribution in [3.05, 3.63) is 54.1 Å². The molecule has 0 N–H and O–H groups in total. The maximum Gasteiger partial charge on any atom is 0.320 e. The van der Waals surface area contributed by atoms with Gasteiger partial charge in [0.25, 0.3) is 5.19 Å². The quantitative estimate of drug-likeness (QED) is 0.591. The molecule has 3 aromatic rings. The van der Waals surface area contributed by atoms with Crippen molar-refractivity contribution in [2.24, 2.45) is 0 Å². The average molecular weight is 453 g/mol. The van der Waals surface area contributed by atoms with Crippen LogP contribution in [0.1, 0.15) is 5.56 Å². The van der Waals surface area contributed by atoms with Crippen LogP contribution in [0.4, 0.5) is 4.79 Å². The molecular weight excluding hydrogens is 424 g/mol. The summed E-state index contributed by atoms with van der Waals surface area (Å²) in [4.78, 5) is 23.5. The number of urea groups is 1. The molecule has 0 atom stereocenters. The lowest BCUT2D eigenvalue weighted by Crippen LogP contribution is -2.54. The summed E-state index contributed by atoms with van der Waals surface area (Å²) in [6, 6.07) is 16.5. The normalized spacial score (nSPS) is 17.6. The number of morpholine rings is 1. The summed E-state index contributed by atoms with van der Waals surface area (Å²) in [7, 11) is 0. The zero-order chi connectivity index (χ0) is 21.8. The number of nitrogens with zero attached hydrogens (tertiary/aromatic N) is 4. The second-order valence-electron chi connectivity index (χ2n) is 8.15. The first-order chi connectivity index (χ1) is 15.7. The Hall–Kier alpha value is -2.68. The van der Waals surface area contributed by atoms with Gasteiger partial charge in [-0.2, -0.15) is 0 Å². The molecule has 2 aliphatic heterocycles. The second-order valence-corrected chi connectivity index (χ2v) is 9.15. The van der Waals surface area contributed by atoms with E-state index in [1.807, 2.05) is 40.1 Å². The number of benzene rings is 2. The topological polar surface area (TPSA) is 58.1 Å². The second kappa shape index (κ2) is 9.85. The highest BCUT2D eigenvalue weighted by Crippen LogP contribution is 2.31. The molecule has 168 valence electrons. The molecule has 3 heterocycles. The maximum atomic E-state index is 12.6. The number of thiazole rings is 1. The van der Waals surface area contributed by atoms with E-state index < -0.39 is 0 Å². The average Bonchev–Trinajstić information content (AvgIpc) is 3.26. The van der Waals surface area contributed by atoms with Gasteiger partial charge in [0.2, 0.25) is 0 Å². The summed E-state index contributed by atoms with van der Waals surface area (Å²) in [6.45, 7) is 7.15. The zero-order valence-electron chi connectivity index (χ0n) is 18.1. The van der Waals surface area contributed by atoms with Gasteiger partial charge in [-0.25, -0.2) is 9.78 Å². The van der Waals surface area contributed by atoms with Crippen LogP contribution in [0.15, 0.2) is 48.5 Å². The number of rotatable bonds is 5. The van der Waals surface area contributed by atoms with E-state index in [1.165, 1.54) is 5.56 Å². The van der Waals surface area contributed by atoms with Crippen molar-refractivity contribution in [3.8, 4) is 10.9 Å². The molecule has 5 rings (SSSR count). The van der Waals surface area contributed by atoms with Crippen molar-refractivity contribution in [2.75, 3.05) is 59.0 Å². The van der Waals surface area contributed by atoms with E-state index >= 15 is 0 Å². The fourth-order valence-electron chi connectivity index (χ4n) is 4.12. The van der Waals surface area contributed by atoms with Gasteiger partial charge in [-0.05, 0) is 36.2 Å². The molecule has 0 radical (unpaired) electrons. The van der Waals surface area contributed by atoms with Gasteiger partial charge in [0.05, 0.1) is 23.4 Å². The van der Waals surface area contributed by atoms with Gasteiger partial charge in [-0.1, -0.05) is 35.6 Å². The first-order valence-electron chi connectivity index (χ1n) is 11.2. The van der Waals surface area contributed by atoms with E-state index in [0.29, 0.717) is 31.5 Å². The number of carbonyl (C=O) groups is 1. The van der Waals surface area contributed by atoms with Crippen LogP contribution in [-0.2, 0) is 11.2 Å². The molecule has 0 saturated carbocycles. The van der Waals surface area contributed by atoms with Crippen molar-refractivity contribution in [1.82, 2.24) is 19.7 Å². The molecule has 2 saturated heterocycles. The van der Waals surface area contributed by atoms with Crippen molar-refractivity contribution in [2.45, 2.75) is 6.42 Å². The summed E-state index contributed by atoms with van der Waals surface area (Å²) >= 11 is 1.56. The van der Waals surface area contributed by atoms with E-state index in [1.54, 1.807) is 11.3 Å². The molecule has 0 bridgehead atoms. The van der Waals surface area contributed by atoms with Gasteiger partial charge in [-0.15, -0.1) is 0 Å². The number of aromatic nitrogens is 1. The molecule has 0 aliphatic carbocycles. The molecule has 0 unspecified atom stereocenters. The standard InChI is InChI=1S/C24H28N4O3S/c29-24(28-15-17-30-18-16-28)27-13-11-26(12-14-27)10-9-19-5-7-20(8-6-19)31-23-25-21-3-1-2-4-22(21)32-23/h1-8H,9-18H2. The zero-order valence-corrected chi connectivity index (χ0v) is 18.9. The van der Waals surface area contributed by atoms with Crippen molar-refractivity contribution < 1.29 is 14.3 Å². The molecule has 8 heteroatoms. The highest BCUT2D eigenvalue weighted by Gasteiger charge is 2.26. The van der Waals surface area contributed by atoms with Crippen LogP contribution >= 0.6 is 11.3 Å². The Bertz CT molecular complexity index is 1010. The summed E-state index contributed by atoms with van der Waals surface area (Å²) in [5.74, 6) is 0.808. The molecule has 2 amide bonds. The van der Waals surface area contributed by atoms with Crippen LogP contribution < -0.4 is 4.74 Å². The van der Waals surface area contributed by atoms with Crippen LogP contribution in [0, 0.1) is 0 Å². The number of hydrogen-bond donors (Lipinski definition) is 0. The Morgan fingerprint density at radius 2 is 1.66 bits per heavy atom. The molecule has 2 aromatic carbocycles. The molecule has 7 nitrogen and oxygen atoms in total. The van der Waals surface area contributed by atoms with E-state index in [0.717, 1.165) is 55.1 Å². The number of fused-ring (bicyclic) bond motifs is 1. The van der Waals surface area contributed by atoms with E-state index in [2.05, 4.69) is 28.1 Å². The monoisotopic (exact) mass is 452 g/mol. The number of ether oxygens (including phenoxy) is 2. The van der Waals surface area contributed by atoms with Gasteiger partial charge in [0.15, 0.2) is 0 Å². The van der Waals surface area contributed by atoms with Crippen molar-refractivity contribution >= 4 is 27.6 Å². The first-order valence-corrected chi connectivity index (χ1v) is 12.0. The van der Waals surface area contributed by atoms with E-state index in [9.17, 15) is 4.79 Å². The Labute approximate surface area is 192 Å². The van der Waals surface area contributed by atoms with E-state index in [4.69, 9.17) is 9.47 Å². The molecule has 2 aliphatic rings. The summed E-state index contributed by atoms with van der Waals surface area (Å²) in [6.07, 6.45) is 0.985. The first kappa shape index (κ1) is 21.2. The van der Waals surface area contributed by atoms with Gasteiger partial charge in [0, 0.05) is 45.8 Å². The smallest absolute Gasteiger partial charge is 0.320 e. The Kier molecular flexibility index (Phi) is 6.52. The number of piperazine rings is 1.